The molecule has 2 aliphatic rings. The number of hydrogen-bond acceptors (Lipinski definition) is 2. The van der Waals surface area contributed by atoms with E-state index in [-0.39, 0.29) is 18.0 Å². The van der Waals surface area contributed by atoms with Gasteiger partial charge in [-0.3, -0.25) is 4.79 Å². The van der Waals surface area contributed by atoms with Crippen LogP contribution in [0.1, 0.15) is 6.42 Å². The van der Waals surface area contributed by atoms with E-state index in [0.29, 0.717) is 0 Å². The van der Waals surface area contributed by atoms with Crippen molar-refractivity contribution >= 4 is 5.78 Å². The topological polar surface area (TPSA) is 29.6 Å². The lowest BCUT2D eigenvalue weighted by molar-refractivity contribution is -0.115. The molecule has 0 saturated carbocycles. The minimum absolute atomic E-state index is 0.0556. The highest BCUT2D eigenvalue weighted by atomic mass is 16.6. The summed E-state index contributed by atoms with van der Waals surface area (Å²) in [6, 6.07) is 0. The molecule has 1 saturated heterocycles. The Morgan fingerprint density at radius 1 is 1.75 bits per heavy atom. The molecule has 0 aromatic carbocycles. The standard InChI is InChI=1S/C6H6O2/c7-4-2-1-3-5-6(4)8-5/h1-2,5-6H,3H2/t5-,6+/m1/s1. The number of epoxide rings is 1. The van der Waals surface area contributed by atoms with Crippen LogP contribution in [-0.4, -0.2) is 18.0 Å². The summed E-state index contributed by atoms with van der Waals surface area (Å²) in [7, 11) is 0. The molecule has 42 valence electrons. The van der Waals surface area contributed by atoms with Gasteiger partial charge in [0.05, 0.1) is 6.10 Å². The highest BCUT2D eigenvalue weighted by Crippen LogP contribution is 2.29. The van der Waals surface area contributed by atoms with Crippen molar-refractivity contribution in [3.8, 4) is 0 Å². The molecular weight excluding hydrogens is 104 g/mol. The van der Waals surface area contributed by atoms with E-state index >= 15 is 0 Å². The molecule has 1 fully saturated rings. The van der Waals surface area contributed by atoms with Gasteiger partial charge in [0, 0.05) is 0 Å². The van der Waals surface area contributed by atoms with E-state index in [1.807, 2.05) is 6.08 Å². The summed E-state index contributed by atoms with van der Waals surface area (Å²) in [6.45, 7) is 0. The van der Waals surface area contributed by atoms with Crippen LogP contribution in [0.3, 0.4) is 0 Å². The average Bonchev–Trinajstić information content (AvgIpc) is 2.45. The van der Waals surface area contributed by atoms with Crippen molar-refractivity contribution in [1.29, 1.82) is 0 Å². The summed E-state index contributed by atoms with van der Waals surface area (Å²) >= 11 is 0. The average molecular weight is 110 g/mol. The highest BCUT2D eigenvalue weighted by molar-refractivity contribution is 5.96. The molecule has 1 aliphatic heterocycles. The van der Waals surface area contributed by atoms with Crippen molar-refractivity contribution < 1.29 is 9.53 Å². The van der Waals surface area contributed by atoms with Crippen molar-refractivity contribution in [3.05, 3.63) is 12.2 Å². The molecule has 0 unspecified atom stereocenters. The van der Waals surface area contributed by atoms with Gasteiger partial charge in [0.1, 0.15) is 6.10 Å². The maximum Gasteiger partial charge on any atom is 0.186 e. The maximum absolute atomic E-state index is 10.6. The van der Waals surface area contributed by atoms with Crippen LogP contribution in [0.4, 0.5) is 0 Å². The Hall–Kier alpha value is -0.630. The third-order valence-corrected chi connectivity index (χ3v) is 1.51. The lowest BCUT2D eigenvalue weighted by Gasteiger charge is -1.91. The van der Waals surface area contributed by atoms with Gasteiger partial charge < -0.3 is 4.74 Å². The summed E-state index contributed by atoms with van der Waals surface area (Å²) in [5, 5.41) is 0. The van der Waals surface area contributed by atoms with Crippen LogP contribution in [0.25, 0.3) is 0 Å². The molecule has 0 bridgehead atoms. The highest BCUT2D eigenvalue weighted by Gasteiger charge is 2.44. The summed E-state index contributed by atoms with van der Waals surface area (Å²) in [5.41, 5.74) is 0. The Kier molecular flexibility index (Phi) is 0.641. The first-order valence-electron chi connectivity index (χ1n) is 2.74. The molecule has 2 nitrogen and oxygen atoms in total. The molecule has 0 aromatic rings. The molecule has 1 aliphatic carbocycles. The smallest absolute Gasteiger partial charge is 0.186 e. The number of carbonyl (C=O) groups is 1. The summed E-state index contributed by atoms with van der Waals surface area (Å²) < 4.78 is 4.98. The second kappa shape index (κ2) is 1.20. The summed E-state index contributed by atoms with van der Waals surface area (Å²) in [4.78, 5) is 10.6. The Labute approximate surface area is 47.1 Å². The minimum Gasteiger partial charge on any atom is -0.361 e. The minimum atomic E-state index is -0.0556. The normalized spacial score (nSPS) is 41.8. The van der Waals surface area contributed by atoms with E-state index in [9.17, 15) is 4.79 Å². The number of fused-ring (bicyclic) bond motifs is 1. The van der Waals surface area contributed by atoms with Crippen molar-refractivity contribution in [2.75, 3.05) is 0 Å². The van der Waals surface area contributed by atoms with Crippen molar-refractivity contribution in [2.24, 2.45) is 0 Å². The van der Waals surface area contributed by atoms with Crippen LogP contribution >= 0.6 is 0 Å². The fourth-order valence-electron chi connectivity index (χ4n) is 0.986. The lowest BCUT2D eigenvalue weighted by atomic mass is 10.1. The van der Waals surface area contributed by atoms with Crippen LogP contribution in [-0.2, 0) is 9.53 Å². The quantitative estimate of drug-likeness (QED) is 0.419. The zero-order valence-electron chi connectivity index (χ0n) is 4.33. The van der Waals surface area contributed by atoms with Crippen LogP contribution in [0, 0.1) is 0 Å². The van der Waals surface area contributed by atoms with E-state index in [1.54, 1.807) is 6.08 Å². The Balaban J connectivity index is 2.24. The number of ether oxygens (including phenoxy) is 1. The Morgan fingerprint density at radius 3 is 3.25 bits per heavy atom. The molecule has 2 rings (SSSR count). The molecule has 0 N–H and O–H groups in total. The molecule has 2 atom stereocenters. The molecule has 0 radical (unpaired) electrons. The molecule has 2 heteroatoms. The van der Waals surface area contributed by atoms with Crippen molar-refractivity contribution in [2.45, 2.75) is 18.6 Å². The Morgan fingerprint density at radius 2 is 2.62 bits per heavy atom. The SMILES string of the molecule is O=C1C=CC[C@H]2O[C@@H]12. The van der Waals surface area contributed by atoms with Gasteiger partial charge >= 0.3 is 0 Å². The van der Waals surface area contributed by atoms with Gasteiger partial charge in [-0.2, -0.15) is 0 Å². The van der Waals surface area contributed by atoms with E-state index < -0.39 is 0 Å². The van der Waals surface area contributed by atoms with E-state index in [0.717, 1.165) is 6.42 Å². The third-order valence-electron chi connectivity index (χ3n) is 1.51. The van der Waals surface area contributed by atoms with Gasteiger partial charge in [-0.05, 0) is 12.5 Å². The van der Waals surface area contributed by atoms with Gasteiger partial charge in [-0.25, -0.2) is 0 Å². The maximum atomic E-state index is 10.6. The molecule has 0 spiro atoms. The van der Waals surface area contributed by atoms with Crippen LogP contribution in [0.15, 0.2) is 12.2 Å². The van der Waals surface area contributed by atoms with Crippen molar-refractivity contribution in [1.82, 2.24) is 0 Å². The first-order chi connectivity index (χ1) is 3.88. The zero-order chi connectivity index (χ0) is 5.56. The van der Waals surface area contributed by atoms with Gasteiger partial charge in [0.15, 0.2) is 5.78 Å². The number of rotatable bonds is 0. The van der Waals surface area contributed by atoms with Gasteiger partial charge in [0.25, 0.3) is 0 Å². The monoisotopic (exact) mass is 110 g/mol. The van der Waals surface area contributed by atoms with E-state index in [1.165, 1.54) is 0 Å². The Bertz CT molecular complexity index is 160. The fraction of sp³-hybridized carbons (Fsp3) is 0.500. The number of carbonyl (C=O) groups excluding carboxylic acids is 1. The number of ketones is 1. The van der Waals surface area contributed by atoms with Gasteiger partial charge in [0.2, 0.25) is 0 Å². The van der Waals surface area contributed by atoms with Gasteiger partial charge in [-0.15, -0.1) is 0 Å². The number of hydrogen-bond donors (Lipinski definition) is 0. The second-order valence-corrected chi connectivity index (χ2v) is 2.14. The molecule has 8 heavy (non-hydrogen) atoms. The first-order valence-corrected chi connectivity index (χ1v) is 2.74. The van der Waals surface area contributed by atoms with Crippen LogP contribution in [0.5, 0.6) is 0 Å². The molecular formula is C6H6O2. The van der Waals surface area contributed by atoms with E-state index in [4.69, 9.17) is 4.74 Å². The summed E-state index contributed by atoms with van der Waals surface area (Å²) in [5.74, 6) is 0.140. The largest absolute Gasteiger partial charge is 0.361 e. The lowest BCUT2D eigenvalue weighted by Crippen LogP contribution is -2.09. The fourth-order valence-corrected chi connectivity index (χ4v) is 0.986. The van der Waals surface area contributed by atoms with Gasteiger partial charge in [-0.1, -0.05) is 6.08 Å². The zero-order valence-corrected chi connectivity index (χ0v) is 4.33. The molecule has 0 aromatic heterocycles. The molecule has 1 heterocycles. The predicted octanol–water partition coefficient (Wildman–Crippen LogP) is 0.283. The summed E-state index contributed by atoms with van der Waals surface area (Å²) in [6.07, 6.45) is 4.59. The van der Waals surface area contributed by atoms with Crippen LogP contribution in [0.2, 0.25) is 0 Å². The van der Waals surface area contributed by atoms with E-state index in [2.05, 4.69) is 0 Å². The van der Waals surface area contributed by atoms with Crippen molar-refractivity contribution in [3.63, 3.8) is 0 Å². The second-order valence-electron chi connectivity index (χ2n) is 2.14. The predicted molar refractivity (Wildman–Crippen MR) is 27.4 cm³/mol. The third kappa shape index (κ3) is 0.434. The first kappa shape index (κ1) is 4.27. The molecule has 0 amide bonds. The van der Waals surface area contributed by atoms with Crippen LogP contribution < -0.4 is 0 Å².